The molecule has 4 rings (SSSR count). The molecule has 3 aromatic rings. The monoisotopic (exact) mass is 517 g/mol. The predicted molar refractivity (Wildman–Crippen MR) is 132 cm³/mol. The van der Waals surface area contributed by atoms with E-state index in [-0.39, 0.29) is 28.5 Å². The minimum atomic E-state index is -0.517. The number of nitrogens with zero attached hydrogens (tertiary/aromatic N) is 4. The van der Waals surface area contributed by atoms with Crippen LogP contribution >= 0.6 is 23.4 Å². The Bertz CT molecular complexity index is 1250. The Morgan fingerprint density at radius 3 is 2.66 bits per heavy atom. The summed E-state index contributed by atoms with van der Waals surface area (Å²) in [4.78, 5) is 37.5. The Kier molecular flexibility index (Phi) is 7.82. The summed E-state index contributed by atoms with van der Waals surface area (Å²) >= 11 is 7.29. The van der Waals surface area contributed by atoms with Crippen molar-refractivity contribution < 1.29 is 18.4 Å². The van der Waals surface area contributed by atoms with Crippen LogP contribution in [-0.4, -0.2) is 58.1 Å². The normalized spacial score (nSPS) is 15.7. The fourth-order valence-corrected chi connectivity index (χ4v) is 4.63. The number of halogens is 3. The van der Waals surface area contributed by atoms with Gasteiger partial charge in [0.05, 0.1) is 11.4 Å². The molecule has 2 amide bonds. The topological polar surface area (TPSA) is 78.4 Å². The summed E-state index contributed by atoms with van der Waals surface area (Å²) in [6.07, 6.45) is 0. The van der Waals surface area contributed by atoms with E-state index in [0.717, 1.165) is 11.8 Å². The number of thioether (sulfide) groups is 1. The lowest BCUT2D eigenvalue weighted by Crippen LogP contribution is -2.54. The van der Waals surface area contributed by atoms with Gasteiger partial charge in [-0.2, -0.15) is 0 Å². The number of nitrogens with one attached hydrogen (secondary N) is 1. The van der Waals surface area contributed by atoms with Gasteiger partial charge in [-0.3, -0.25) is 9.59 Å². The highest BCUT2D eigenvalue weighted by molar-refractivity contribution is 7.99. The Hall–Kier alpha value is -3.24. The third kappa shape index (κ3) is 6.26. The number of hydrogen-bond donors (Lipinski definition) is 1. The van der Waals surface area contributed by atoms with Crippen molar-refractivity contribution in [1.82, 2.24) is 14.9 Å². The van der Waals surface area contributed by atoms with Crippen LogP contribution in [0.4, 0.5) is 20.3 Å². The first-order chi connectivity index (χ1) is 16.8. The third-order valence-electron chi connectivity index (χ3n) is 5.43. The zero-order chi connectivity index (χ0) is 24.9. The molecule has 0 radical (unpaired) electrons. The molecule has 1 fully saturated rings. The molecule has 182 valence electrons. The van der Waals surface area contributed by atoms with Gasteiger partial charge in [0.2, 0.25) is 5.91 Å². The molecule has 35 heavy (non-hydrogen) atoms. The molecule has 1 atom stereocenters. The number of benzene rings is 2. The average Bonchev–Trinajstić information content (AvgIpc) is 2.83. The van der Waals surface area contributed by atoms with Gasteiger partial charge >= 0.3 is 0 Å². The highest BCUT2D eigenvalue weighted by Crippen LogP contribution is 2.25. The Morgan fingerprint density at radius 2 is 1.91 bits per heavy atom. The molecule has 1 N–H and O–H groups in total. The van der Waals surface area contributed by atoms with Crippen LogP contribution in [0.3, 0.4) is 0 Å². The molecule has 1 saturated heterocycles. The molecule has 1 unspecified atom stereocenters. The molecule has 1 aromatic heterocycles. The molecular weight excluding hydrogens is 496 g/mol. The lowest BCUT2D eigenvalue weighted by atomic mass is 10.1. The molecule has 0 bridgehead atoms. The number of carbonyl (C=O) groups excluding carboxylic acids is 2. The van der Waals surface area contributed by atoms with Crippen LogP contribution in [0.25, 0.3) is 0 Å². The van der Waals surface area contributed by atoms with Crippen LogP contribution in [0.1, 0.15) is 17.3 Å². The van der Waals surface area contributed by atoms with Crippen molar-refractivity contribution >= 4 is 46.7 Å². The number of rotatable bonds is 6. The first-order valence-electron chi connectivity index (χ1n) is 10.8. The van der Waals surface area contributed by atoms with E-state index < -0.39 is 17.5 Å². The molecular formula is C24H22ClF2N5O2S. The standard InChI is InChI=1S/C24H22ClF2N5O2S/c1-15-13-31(9-10-32(15)23(34)16-5-4-6-17(26)11-16)21-12-20(25)29-24(30-21)35-14-22(33)28-19-8-3-2-7-18(19)27/h2-8,11-12,15H,9-10,13-14H2,1H3,(H,28,33). The average molecular weight is 518 g/mol. The van der Waals surface area contributed by atoms with E-state index in [4.69, 9.17) is 11.6 Å². The second kappa shape index (κ2) is 11.0. The molecule has 7 nitrogen and oxygen atoms in total. The lowest BCUT2D eigenvalue weighted by molar-refractivity contribution is -0.113. The molecule has 1 aliphatic heterocycles. The highest BCUT2D eigenvalue weighted by atomic mass is 35.5. The SMILES string of the molecule is CC1CN(c2cc(Cl)nc(SCC(=O)Nc3ccccc3F)n2)CCN1C(=O)c1cccc(F)c1. The molecule has 0 aliphatic carbocycles. The number of amides is 2. The quantitative estimate of drug-likeness (QED) is 0.295. The van der Waals surface area contributed by atoms with E-state index in [2.05, 4.69) is 15.3 Å². The predicted octanol–water partition coefficient (Wildman–Crippen LogP) is 4.49. The van der Waals surface area contributed by atoms with Gasteiger partial charge in [-0.25, -0.2) is 18.7 Å². The van der Waals surface area contributed by atoms with Gasteiger partial charge in [-0.15, -0.1) is 0 Å². The number of aromatic nitrogens is 2. The maximum absolute atomic E-state index is 13.7. The van der Waals surface area contributed by atoms with E-state index in [0.29, 0.717) is 36.2 Å². The van der Waals surface area contributed by atoms with E-state index in [1.54, 1.807) is 29.2 Å². The van der Waals surface area contributed by atoms with Crippen LogP contribution in [0, 0.1) is 11.6 Å². The van der Waals surface area contributed by atoms with Gasteiger partial charge < -0.3 is 15.1 Å². The molecule has 2 heterocycles. The van der Waals surface area contributed by atoms with Crippen LogP contribution < -0.4 is 10.2 Å². The van der Waals surface area contributed by atoms with Gasteiger partial charge in [-0.1, -0.05) is 41.6 Å². The van der Waals surface area contributed by atoms with Crippen LogP contribution in [-0.2, 0) is 4.79 Å². The fourth-order valence-electron chi connectivity index (χ4n) is 3.75. The van der Waals surface area contributed by atoms with Crippen molar-refractivity contribution in [3.63, 3.8) is 0 Å². The molecule has 0 saturated carbocycles. The lowest BCUT2D eigenvalue weighted by Gasteiger charge is -2.40. The summed E-state index contributed by atoms with van der Waals surface area (Å²) in [6.45, 7) is 3.32. The molecule has 11 heteroatoms. The van der Waals surface area contributed by atoms with E-state index in [1.807, 2.05) is 11.8 Å². The summed E-state index contributed by atoms with van der Waals surface area (Å²) < 4.78 is 27.3. The largest absolute Gasteiger partial charge is 0.353 e. The van der Waals surface area contributed by atoms with Crippen molar-refractivity contribution in [2.75, 3.05) is 35.6 Å². The molecule has 0 spiro atoms. The Labute approximate surface area is 210 Å². The first kappa shape index (κ1) is 24.9. The minimum absolute atomic E-state index is 0.0273. The number of para-hydroxylation sites is 1. The van der Waals surface area contributed by atoms with E-state index >= 15 is 0 Å². The molecule has 1 aliphatic rings. The number of hydrogen-bond acceptors (Lipinski definition) is 6. The van der Waals surface area contributed by atoms with Gasteiger partial charge in [0.15, 0.2) is 5.16 Å². The fraction of sp³-hybridized carbons (Fsp3) is 0.250. The van der Waals surface area contributed by atoms with Crippen molar-refractivity contribution in [3.05, 3.63) is 76.9 Å². The maximum atomic E-state index is 13.7. The second-order valence-electron chi connectivity index (χ2n) is 7.95. The van der Waals surface area contributed by atoms with Gasteiger partial charge in [0, 0.05) is 37.3 Å². The number of piperazine rings is 1. The third-order valence-corrected chi connectivity index (χ3v) is 6.47. The Balaban J connectivity index is 1.38. The van der Waals surface area contributed by atoms with Gasteiger partial charge in [0.25, 0.3) is 5.91 Å². The zero-order valence-corrected chi connectivity index (χ0v) is 20.3. The summed E-state index contributed by atoms with van der Waals surface area (Å²) in [5.74, 6) is -1.05. The summed E-state index contributed by atoms with van der Waals surface area (Å²) in [5, 5.41) is 3.04. The number of anilines is 2. The van der Waals surface area contributed by atoms with Gasteiger partial charge in [0.1, 0.15) is 22.6 Å². The second-order valence-corrected chi connectivity index (χ2v) is 9.28. The summed E-state index contributed by atoms with van der Waals surface area (Å²) in [5.41, 5.74) is 0.410. The van der Waals surface area contributed by atoms with Crippen LogP contribution in [0.2, 0.25) is 5.15 Å². The number of carbonyl (C=O) groups is 2. The summed E-state index contributed by atoms with van der Waals surface area (Å²) in [6, 6.07) is 13.0. The molecule has 2 aromatic carbocycles. The van der Waals surface area contributed by atoms with Crippen molar-refractivity contribution in [3.8, 4) is 0 Å². The van der Waals surface area contributed by atoms with E-state index in [1.165, 1.54) is 30.3 Å². The smallest absolute Gasteiger partial charge is 0.254 e. The van der Waals surface area contributed by atoms with Crippen molar-refractivity contribution in [2.45, 2.75) is 18.1 Å². The van der Waals surface area contributed by atoms with Crippen molar-refractivity contribution in [1.29, 1.82) is 0 Å². The Morgan fingerprint density at radius 1 is 1.11 bits per heavy atom. The van der Waals surface area contributed by atoms with Gasteiger partial charge in [-0.05, 0) is 37.3 Å². The summed E-state index contributed by atoms with van der Waals surface area (Å²) in [7, 11) is 0. The zero-order valence-electron chi connectivity index (χ0n) is 18.7. The van der Waals surface area contributed by atoms with Crippen LogP contribution in [0.15, 0.2) is 59.8 Å². The van der Waals surface area contributed by atoms with Crippen molar-refractivity contribution in [2.24, 2.45) is 0 Å². The first-order valence-corrected chi connectivity index (χ1v) is 12.2. The van der Waals surface area contributed by atoms with E-state index in [9.17, 15) is 18.4 Å². The van der Waals surface area contributed by atoms with Crippen LogP contribution in [0.5, 0.6) is 0 Å². The maximum Gasteiger partial charge on any atom is 0.254 e. The minimum Gasteiger partial charge on any atom is -0.353 e. The highest BCUT2D eigenvalue weighted by Gasteiger charge is 2.29.